The van der Waals surface area contributed by atoms with Crippen molar-refractivity contribution in [1.82, 2.24) is 4.90 Å². The average Bonchev–Trinajstić information content (AvgIpc) is 2.78. The third kappa shape index (κ3) is 3.89. The predicted octanol–water partition coefficient (Wildman–Crippen LogP) is 0.797. The van der Waals surface area contributed by atoms with Gasteiger partial charge in [0.05, 0.1) is 13.2 Å². The number of ether oxygens (including phenoxy) is 3. The molecule has 0 radical (unpaired) electrons. The summed E-state index contributed by atoms with van der Waals surface area (Å²) in [6.45, 7) is 3.15. The SMILES string of the molecule is CCOC(=O)C1CCCN1C(=O)OCCOC. The zero-order valence-electron chi connectivity index (χ0n) is 10.3. The summed E-state index contributed by atoms with van der Waals surface area (Å²) >= 11 is 0. The number of methoxy groups -OCH3 is 1. The lowest BCUT2D eigenvalue weighted by atomic mass is 10.2. The van der Waals surface area contributed by atoms with Gasteiger partial charge in [0, 0.05) is 13.7 Å². The molecule has 1 aliphatic rings. The minimum atomic E-state index is -0.495. The van der Waals surface area contributed by atoms with Crippen LogP contribution in [0, 0.1) is 0 Å². The van der Waals surface area contributed by atoms with E-state index in [1.807, 2.05) is 0 Å². The minimum absolute atomic E-state index is 0.196. The van der Waals surface area contributed by atoms with Gasteiger partial charge in [0.25, 0.3) is 0 Å². The van der Waals surface area contributed by atoms with Crippen molar-refractivity contribution in [2.45, 2.75) is 25.8 Å². The van der Waals surface area contributed by atoms with Crippen LogP contribution >= 0.6 is 0 Å². The first-order chi connectivity index (χ1) is 8.20. The number of likely N-dealkylation sites (tertiary alicyclic amines) is 1. The predicted molar refractivity (Wildman–Crippen MR) is 59.6 cm³/mol. The molecule has 0 aromatic heterocycles. The number of carbonyl (C=O) groups is 2. The van der Waals surface area contributed by atoms with Gasteiger partial charge in [-0.3, -0.25) is 4.90 Å². The van der Waals surface area contributed by atoms with E-state index in [0.717, 1.165) is 6.42 Å². The number of amides is 1. The smallest absolute Gasteiger partial charge is 0.410 e. The molecule has 0 saturated carbocycles. The van der Waals surface area contributed by atoms with Crippen molar-refractivity contribution in [2.75, 3.05) is 33.5 Å². The maximum Gasteiger partial charge on any atom is 0.410 e. The van der Waals surface area contributed by atoms with Crippen molar-refractivity contribution in [3.05, 3.63) is 0 Å². The Morgan fingerprint density at radius 3 is 2.71 bits per heavy atom. The van der Waals surface area contributed by atoms with Gasteiger partial charge in [0.1, 0.15) is 12.6 Å². The van der Waals surface area contributed by atoms with Crippen LogP contribution in [0.1, 0.15) is 19.8 Å². The number of hydrogen-bond acceptors (Lipinski definition) is 5. The van der Waals surface area contributed by atoms with Gasteiger partial charge >= 0.3 is 12.1 Å². The van der Waals surface area contributed by atoms with Crippen LogP contribution in [0.2, 0.25) is 0 Å². The fraction of sp³-hybridized carbons (Fsp3) is 0.818. The summed E-state index contributed by atoms with van der Waals surface area (Å²) in [6.07, 6.45) is 0.957. The van der Waals surface area contributed by atoms with Crippen molar-refractivity contribution in [2.24, 2.45) is 0 Å². The molecule has 0 spiro atoms. The van der Waals surface area contributed by atoms with Crippen molar-refractivity contribution < 1.29 is 23.8 Å². The minimum Gasteiger partial charge on any atom is -0.464 e. The fourth-order valence-corrected chi connectivity index (χ4v) is 1.76. The number of nitrogens with zero attached hydrogens (tertiary/aromatic N) is 1. The van der Waals surface area contributed by atoms with E-state index in [0.29, 0.717) is 26.2 Å². The van der Waals surface area contributed by atoms with Crippen LogP contribution in [0.4, 0.5) is 4.79 Å². The molecule has 6 heteroatoms. The summed E-state index contributed by atoms with van der Waals surface area (Å²) < 4.78 is 14.7. The summed E-state index contributed by atoms with van der Waals surface area (Å²) in [5.41, 5.74) is 0. The van der Waals surface area contributed by atoms with Crippen LogP contribution < -0.4 is 0 Å². The van der Waals surface area contributed by atoms with Crippen molar-refractivity contribution >= 4 is 12.1 Å². The Morgan fingerprint density at radius 1 is 1.29 bits per heavy atom. The Hall–Kier alpha value is -1.30. The second-order valence-corrected chi connectivity index (χ2v) is 3.71. The first-order valence-electron chi connectivity index (χ1n) is 5.79. The Labute approximate surface area is 101 Å². The van der Waals surface area contributed by atoms with Crippen molar-refractivity contribution in [3.63, 3.8) is 0 Å². The normalized spacial score (nSPS) is 19.2. The molecule has 1 rings (SSSR count). The molecule has 6 nitrogen and oxygen atoms in total. The first kappa shape index (κ1) is 13.8. The van der Waals surface area contributed by atoms with Crippen LogP contribution in [-0.4, -0.2) is 56.5 Å². The molecule has 0 N–H and O–H groups in total. The molecular weight excluding hydrogens is 226 g/mol. The Bertz CT molecular complexity index is 269. The molecule has 98 valence electrons. The third-order valence-corrected chi connectivity index (χ3v) is 2.56. The maximum absolute atomic E-state index is 11.7. The molecule has 17 heavy (non-hydrogen) atoms. The van der Waals surface area contributed by atoms with Gasteiger partial charge in [-0.25, -0.2) is 9.59 Å². The van der Waals surface area contributed by atoms with E-state index in [1.54, 1.807) is 6.92 Å². The third-order valence-electron chi connectivity index (χ3n) is 2.56. The summed E-state index contributed by atoms with van der Waals surface area (Å²) in [5.74, 6) is -0.353. The molecule has 1 atom stereocenters. The number of rotatable bonds is 5. The van der Waals surface area contributed by atoms with E-state index in [4.69, 9.17) is 14.2 Å². The largest absolute Gasteiger partial charge is 0.464 e. The monoisotopic (exact) mass is 245 g/mol. The molecule has 0 aliphatic carbocycles. The van der Waals surface area contributed by atoms with Crippen molar-refractivity contribution in [1.29, 1.82) is 0 Å². The maximum atomic E-state index is 11.7. The lowest BCUT2D eigenvalue weighted by Gasteiger charge is -2.22. The lowest BCUT2D eigenvalue weighted by molar-refractivity contribution is -0.147. The molecule has 0 aromatic rings. The van der Waals surface area contributed by atoms with E-state index in [2.05, 4.69) is 0 Å². The zero-order valence-corrected chi connectivity index (χ0v) is 10.3. The van der Waals surface area contributed by atoms with E-state index < -0.39 is 12.1 Å². The van der Waals surface area contributed by atoms with Gasteiger partial charge < -0.3 is 14.2 Å². The van der Waals surface area contributed by atoms with Crippen LogP contribution in [0.15, 0.2) is 0 Å². The molecule has 0 aromatic carbocycles. The van der Waals surface area contributed by atoms with Crippen LogP contribution in [0.25, 0.3) is 0 Å². The molecule has 1 heterocycles. The number of esters is 1. The molecular formula is C11H19NO5. The van der Waals surface area contributed by atoms with Gasteiger partial charge in [-0.05, 0) is 19.8 Å². The van der Waals surface area contributed by atoms with E-state index in [9.17, 15) is 9.59 Å². The summed E-state index contributed by atoms with van der Waals surface area (Å²) in [5, 5.41) is 0. The van der Waals surface area contributed by atoms with Crippen LogP contribution in [0.3, 0.4) is 0 Å². The highest BCUT2D eigenvalue weighted by atomic mass is 16.6. The first-order valence-corrected chi connectivity index (χ1v) is 5.79. The Kier molecular flexibility index (Phi) is 5.76. The molecule has 1 unspecified atom stereocenters. The van der Waals surface area contributed by atoms with Gasteiger partial charge in [0.2, 0.25) is 0 Å². The fourth-order valence-electron chi connectivity index (χ4n) is 1.76. The Balaban J connectivity index is 2.44. The second-order valence-electron chi connectivity index (χ2n) is 3.71. The lowest BCUT2D eigenvalue weighted by Crippen LogP contribution is -2.42. The van der Waals surface area contributed by atoms with E-state index in [-0.39, 0.29) is 12.6 Å². The molecule has 1 fully saturated rings. The summed E-state index contributed by atoms with van der Waals surface area (Å²) in [4.78, 5) is 24.7. The van der Waals surface area contributed by atoms with Crippen LogP contribution in [0.5, 0.6) is 0 Å². The molecule has 1 aliphatic heterocycles. The highest BCUT2D eigenvalue weighted by Gasteiger charge is 2.35. The second kappa shape index (κ2) is 7.11. The van der Waals surface area contributed by atoms with Gasteiger partial charge in [0.15, 0.2) is 0 Å². The van der Waals surface area contributed by atoms with Crippen LogP contribution in [-0.2, 0) is 19.0 Å². The Morgan fingerprint density at radius 2 is 2.06 bits per heavy atom. The highest BCUT2D eigenvalue weighted by molar-refractivity contribution is 5.82. The number of carbonyl (C=O) groups excluding carboxylic acids is 2. The summed E-state index contributed by atoms with van der Waals surface area (Å²) in [7, 11) is 1.53. The summed E-state index contributed by atoms with van der Waals surface area (Å²) in [6, 6.07) is -0.495. The quantitative estimate of drug-likeness (QED) is 0.529. The van der Waals surface area contributed by atoms with Gasteiger partial charge in [-0.2, -0.15) is 0 Å². The van der Waals surface area contributed by atoms with Gasteiger partial charge in [-0.1, -0.05) is 0 Å². The van der Waals surface area contributed by atoms with E-state index >= 15 is 0 Å². The van der Waals surface area contributed by atoms with Crippen molar-refractivity contribution in [3.8, 4) is 0 Å². The number of hydrogen-bond donors (Lipinski definition) is 0. The topological polar surface area (TPSA) is 65.1 Å². The molecule has 1 amide bonds. The standard InChI is InChI=1S/C11H19NO5/c1-3-16-10(13)9-5-4-6-12(9)11(14)17-8-7-15-2/h9H,3-8H2,1-2H3. The van der Waals surface area contributed by atoms with E-state index in [1.165, 1.54) is 12.0 Å². The molecule has 0 bridgehead atoms. The average molecular weight is 245 g/mol. The molecule has 1 saturated heterocycles. The van der Waals surface area contributed by atoms with Gasteiger partial charge in [-0.15, -0.1) is 0 Å². The zero-order chi connectivity index (χ0) is 12.7. The highest BCUT2D eigenvalue weighted by Crippen LogP contribution is 2.19.